The molecule has 12 heteroatoms. The normalized spacial score (nSPS) is 17.3. The highest BCUT2D eigenvalue weighted by Crippen LogP contribution is 2.30. The number of halogens is 1. The average molecular weight is 610 g/mol. The summed E-state index contributed by atoms with van der Waals surface area (Å²) in [6.45, 7) is 6.23. The first-order valence-corrected chi connectivity index (χ1v) is 14.8. The highest BCUT2D eigenvalue weighted by molar-refractivity contribution is 5.93. The maximum absolute atomic E-state index is 14.4. The van der Waals surface area contributed by atoms with Crippen molar-refractivity contribution in [1.82, 2.24) is 19.4 Å². The van der Waals surface area contributed by atoms with Crippen LogP contribution in [0.2, 0.25) is 0 Å². The number of nitriles is 2. The van der Waals surface area contributed by atoms with Gasteiger partial charge in [-0.2, -0.15) is 15.5 Å². The molecule has 4 aromatic rings. The van der Waals surface area contributed by atoms with Gasteiger partial charge in [-0.3, -0.25) is 4.90 Å². The molecule has 1 unspecified atom stereocenters. The first kappa shape index (κ1) is 30.0. The highest BCUT2D eigenvalue weighted by atomic mass is 19.1. The number of hydrogen-bond donors (Lipinski definition) is 0. The van der Waals surface area contributed by atoms with E-state index in [0.29, 0.717) is 42.1 Å². The van der Waals surface area contributed by atoms with Crippen molar-refractivity contribution in [3.63, 3.8) is 0 Å². The van der Waals surface area contributed by atoms with Crippen LogP contribution in [0.3, 0.4) is 0 Å². The van der Waals surface area contributed by atoms with Gasteiger partial charge in [0.15, 0.2) is 0 Å². The molecule has 0 N–H and O–H groups in total. The number of benzene rings is 2. The zero-order valence-electron chi connectivity index (χ0n) is 25.1. The number of anilines is 1. The number of nitrogens with zero attached hydrogens (tertiary/aromatic N) is 7. The van der Waals surface area contributed by atoms with E-state index >= 15 is 0 Å². The van der Waals surface area contributed by atoms with Gasteiger partial charge < -0.3 is 23.7 Å². The number of aromatic nitrogens is 3. The van der Waals surface area contributed by atoms with E-state index in [4.69, 9.17) is 24.5 Å². The van der Waals surface area contributed by atoms with Crippen LogP contribution in [-0.2, 0) is 22.6 Å². The number of hydrogen-bond acceptors (Lipinski definition) is 10. The molecule has 0 amide bonds. The number of imidazole rings is 1. The molecule has 2 aromatic carbocycles. The number of esters is 1. The minimum Gasteiger partial charge on any atom is -0.473 e. The second-order valence-electron chi connectivity index (χ2n) is 11.1. The molecule has 0 bridgehead atoms. The van der Waals surface area contributed by atoms with Crippen molar-refractivity contribution in [2.75, 3.05) is 44.8 Å². The van der Waals surface area contributed by atoms with Crippen LogP contribution in [0.15, 0.2) is 48.5 Å². The molecule has 2 saturated heterocycles. The first-order chi connectivity index (χ1) is 21.9. The van der Waals surface area contributed by atoms with Gasteiger partial charge in [0.05, 0.1) is 65.7 Å². The second kappa shape index (κ2) is 12.9. The predicted octanol–water partition coefficient (Wildman–Crippen LogP) is 4.35. The van der Waals surface area contributed by atoms with Gasteiger partial charge in [-0.05, 0) is 49.7 Å². The number of piperazine rings is 1. The van der Waals surface area contributed by atoms with E-state index in [-0.39, 0.29) is 36.2 Å². The van der Waals surface area contributed by atoms with Crippen molar-refractivity contribution in [3.05, 3.63) is 82.4 Å². The van der Waals surface area contributed by atoms with Crippen LogP contribution < -0.4 is 9.64 Å². The van der Waals surface area contributed by atoms with E-state index in [0.717, 1.165) is 43.0 Å². The minimum absolute atomic E-state index is 0.0131. The summed E-state index contributed by atoms with van der Waals surface area (Å²) in [5.41, 5.74) is 3.08. The van der Waals surface area contributed by atoms with Crippen molar-refractivity contribution >= 4 is 22.8 Å². The van der Waals surface area contributed by atoms with Gasteiger partial charge in [0.25, 0.3) is 0 Å². The van der Waals surface area contributed by atoms with Crippen molar-refractivity contribution in [2.45, 2.75) is 38.6 Å². The predicted molar refractivity (Wildman–Crippen MR) is 162 cm³/mol. The summed E-state index contributed by atoms with van der Waals surface area (Å²) in [5.74, 6) is 0.822. The van der Waals surface area contributed by atoms with Gasteiger partial charge in [-0.25, -0.2) is 14.2 Å². The SMILES string of the molecule is COC(=O)c1ccc2nc(C(C)N3CCN(c4cc(C#N)cc(OCc5ccc(C#N)cc5F)n4)CC3)n(C[C@@H]3CCO3)c2c1. The van der Waals surface area contributed by atoms with Gasteiger partial charge in [0.2, 0.25) is 5.88 Å². The number of fused-ring (bicyclic) bond motifs is 1. The Kier molecular flexibility index (Phi) is 8.60. The summed E-state index contributed by atoms with van der Waals surface area (Å²) in [4.78, 5) is 26.3. The zero-order valence-corrected chi connectivity index (χ0v) is 25.1. The lowest BCUT2D eigenvalue weighted by atomic mass is 10.1. The Morgan fingerprint density at radius 2 is 1.84 bits per heavy atom. The summed E-state index contributed by atoms with van der Waals surface area (Å²) in [6.07, 6.45) is 1.08. The second-order valence-corrected chi connectivity index (χ2v) is 11.1. The van der Waals surface area contributed by atoms with E-state index < -0.39 is 5.82 Å². The molecule has 45 heavy (non-hydrogen) atoms. The van der Waals surface area contributed by atoms with Crippen molar-refractivity contribution < 1.29 is 23.4 Å². The van der Waals surface area contributed by atoms with Gasteiger partial charge in [-0.1, -0.05) is 6.07 Å². The molecule has 6 rings (SSSR count). The maximum Gasteiger partial charge on any atom is 0.337 e. The standard InChI is InChI=1S/C33H32FN7O4/c1-21(32-37-28-6-5-24(33(42)43-2)16-29(28)41(32)19-26-7-12-44-26)39-8-10-40(11-9-39)30-14-23(18-36)15-31(38-30)45-20-25-4-3-22(17-35)13-27(25)34/h3-6,13-16,21,26H,7-12,19-20H2,1-2H3/t21?,26-/m0/s1. The van der Waals surface area contributed by atoms with Gasteiger partial charge in [0, 0.05) is 44.4 Å². The lowest BCUT2D eigenvalue weighted by Gasteiger charge is -2.38. The molecule has 4 heterocycles. The van der Waals surface area contributed by atoms with E-state index in [1.165, 1.54) is 31.4 Å². The Morgan fingerprint density at radius 3 is 2.51 bits per heavy atom. The number of rotatable bonds is 9. The largest absolute Gasteiger partial charge is 0.473 e. The summed E-state index contributed by atoms with van der Waals surface area (Å²) in [5, 5.41) is 18.6. The van der Waals surface area contributed by atoms with Crippen LogP contribution in [0.5, 0.6) is 5.88 Å². The molecule has 2 fully saturated rings. The minimum atomic E-state index is -0.534. The van der Waals surface area contributed by atoms with E-state index in [9.17, 15) is 14.4 Å². The number of ether oxygens (including phenoxy) is 3. The third-order valence-electron chi connectivity index (χ3n) is 8.41. The van der Waals surface area contributed by atoms with Crippen molar-refractivity contribution in [3.8, 4) is 18.0 Å². The number of carbonyl (C=O) groups is 1. The smallest absolute Gasteiger partial charge is 0.337 e. The maximum atomic E-state index is 14.4. The van der Waals surface area contributed by atoms with Crippen molar-refractivity contribution in [1.29, 1.82) is 10.5 Å². The fourth-order valence-electron chi connectivity index (χ4n) is 5.71. The quantitative estimate of drug-likeness (QED) is 0.253. The van der Waals surface area contributed by atoms with Gasteiger partial charge in [0.1, 0.15) is 24.1 Å². The monoisotopic (exact) mass is 609 g/mol. The molecule has 11 nitrogen and oxygen atoms in total. The number of pyridine rings is 1. The molecule has 2 aliphatic rings. The Morgan fingerprint density at radius 1 is 1.07 bits per heavy atom. The molecular weight excluding hydrogens is 577 g/mol. The van der Waals surface area contributed by atoms with E-state index in [1.54, 1.807) is 12.1 Å². The Hall–Kier alpha value is -5.04. The molecule has 2 atom stereocenters. The number of methoxy groups -OCH3 is 1. The lowest BCUT2D eigenvalue weighted by Crippen LogP contribution is -2.48. The first-order valence-electron chi connectivity index (χ1n) is 14.8. The van der Waals surface area contributed by atoms with Crippen LogP contribution in [0.25, 0.3) is 11.0 Å². The fraction of sp³-hybridized carbons (Fsp3) is 0.364. The number of carbonyl (C=O) groups excluding carboxylic acids is 1. The Labute approximate surface area is 260 Å². The van der Waals surface area contributed by atoms with Gasteiger partial charge in [-0.15, -0.1) is 0 Å². The molecule has 2 aliphatic heterocycles. The van der Waals surface area contributed by atoms with Crippen LogP contribution in [-0.4, -0.2) is 71.4 Å². The van der Waals surface area contributed by atoms with Crippen LogP contribution in [0.1, 0.15) is 52.3 Å². The molecule has 0 saturated carbocycles. The fourth-order valence-corrected chi connectivity index (χ4v) is 5.71. The Balaban J connectivity index is 1.17. The molecular formula is C33H32FN7O4. The lowest BCUT2D eigenvalue weighted by molar-refractivity contribution is -0.0594. The molecule has 0 radical (unpaired) electrons. The van der Waals surface area contributed by atoms with E-state index in [1.807, 2.05) is 18.2 Å². The van der Waals surface area contributed by atoms with Crippen LogP contribution in [0, 0.1) is 28.5 Å². The Bertz CT molecular complexity index is 1820. The topological polar surface area (TPSA) is 130 Å². The van der Waals surface area contributed by atoms with E-state index in [2.05, 4.69) is 32.3 Å². The van der Waals surface area contributed by atoms with Crippen molar-refractivity contribution in [2.24, 2.45) is 0 Å². The average Bonchev–Trinajstić information content (AvgIpc) is 3.42. The third-order valence-corrected chi connectivity index (χ3v) is 8.41. The zero-order chi connectivity index (χ0) is 31.5. The molecule has 0 spiro atoms. The molecule has 230 valence electrons. The summed E-state index contributed by atoms with van der Waals surface area (Å²) in [6, 6.07) is 17.0. The van der Waals surface area contributed by atoms with Crippen LogP contribution >= 0.6 is 0 Å². The third kappa shape index (κ3) is 6.29. The molecule has 2 aromatic heterocycles. The summed E-state index contributed by atoms with van der Waals surface area (Å²) in [7, 11) is 1.37. The highest BCUT2D eigenvalue weighted by Gasteiger charge is 2.29. The summed E-state index contributed by atoms with van der Waals surface area (Å²) >= 11 is 0. The van der Waals surface area contributed by atoms with Crippen LogP contribution in [0.4, 0.5) is 10.2 Å². The van der Waals surface area contributed by atoms with Gasteiger partial charge >= 0.3 is 5.97 Å². The molecule has 0 aliphatic carbocycles. The summed E-state index contributed by atoms with van der Waals surface area (Å²) < 4.78 is 33.0.